The van der Waals surface area contributed by atoms with Gasteiger partial charge < -0.3 is 25.4 Å². The number of benzene rings is 1. The molecule has 1 amide bonds. The Bertz CT molecular complexity index is 1120. The molecule has 3 N–H and O–H groups in total. The highest BCUT2D eigenvalue weighted by Gasteiger charge is 2.17. The summed E-state index contributed by atoms with van der Waals surface area (Å²) >= 11 is 0. The molecule has 0 aliphatic rings. The molecule has 0 aliphatic carbocycles. The van der Waals surface area contributed by atoms with Crippen LogP contribution in [0.2, 0.25) is 0 Å². The third kappa shape index (κ3) is 5.04. The Morgan fingerprint density at radius 3 is 2.35 bits per heavy atom. The Labute approximate surface area is 177 Å². The van der Waals surface area contributed by atoms with Crippen molar-refractivity contribution < 1.29 is 23.8 Å². The molecule has 2 aromatic heterocycles. The van der Waals surface area contributed by atoms with Gasteiger partial charge in [0.1, 0.15) is 23.2 Å². The minimum absolute atomic E-state index is 0.0615. The van der Waals surface area contributed by atoms with Gasteiger partial charge in [0.05, 0.1) is 35.8 Å². The standard InChI is InChI=1S/C21H20FN5O4/c1-27(2)20(28)14-11-24-19(26-18-7-5-13(22)10-23-18)9-16(14)25-15-6-4-12(21(29)30)8-17(15)31-3/h4-11H,1-3H3,(H,29,30)(H2,23,24,25,26). The molecule has 0 unspecified atom stereocenters. The van der Waals surface area contributed by atoms with Crippen molar-refractivity contribution >= 4 is 34.9 Å². The second kappa shape index (κ2) is 9.08. The van der Waals surface area contributed by atoms with E-state index in [2.05, 4.69) is 20.6 Å². The summed E-state index contributed by atoms with van der Waals surface area (Å²) in [5.41, 5.74) is 1.20. The molecule has 0 fully saturated rings. The summed E-state index contributed by atoms with van der Waals surface area (Å²) in [6, 6.07) is 8.64. The van der Waals surface area contributed by atoms with Crippen LogP contribution in [0.25, 0.3) is 0 Å². The Morgan fingerprint density at radius 2 is 1.74 bits per heavy atom. The van der Waals surface area contributed by atoms with Crippen LogP contribution in [-0.4, -0.2) is 53.1 Å². The van der Waals surface area contributed by atoms with Gasteiger partial charge in [-0.25, -0.2) is 19.2 Å². The zero-order chi connectivity index (χ0) is 22.5. The largest absolute Gasteiger partial charge is 0.495 e. The number of hydrogen-bond donors (Lipinski definition) is 3. The van der Waals surface area contributed by atoms with Gasteiger partial charge in [0.2, 0.25) is 0 Å². The van der Waals surface area contributed by atoms with Gasteiger partial charge in [-0.3, -0.25) is 4.79 Å². The minimum atomic E-state index is -1.09. The fourth-order valence-corrected chi connectivity index (χ4v) is 2.69. The first-order valence-corrected chi connectivity index (χ1v) is 9.07. The molecular weight excluding hydrogens is 405 g/mol. The number of anilines is 4. The molecular formula is C21H20FN5O4. The van der Waals surface area contributed by atoms with Crippen LogP contribution in [0, 0.1) is 5.82 Å². The molecule has 0 saturated heterocycles. The van der Waals surface area contributed by atoms with Crippen molar-refractivity contribution in [2.24, 2.45) is 0 Å². The number of carbonyl (C=O) groups excluding carboxylic acids is 1. The third-order valence-corrected chi connectivity index (χ3v) is 4.24. The van der Waals surface area contributed by atoms with Gasteiger partial charge in [0.25, 0.3) is 5.91 Å². The number of pyridine rings is 2. The molecule has 2 heterocycles. The topological polar surface area (TPSA) is 117 Å². The first-order valence-electron chi connectivity index (χ1n) is 9.07. The number of aromatic carboxylic acids is 1. The van der Waals surface area contributed by atoms with E-state index in [0.717, 1.165) is 6.20 Å². The molecule has 9 nitrogen and oxygen atoms in total. The van der Waals surface area contributed by atoms with Gasteiger partial charge in [0.15, 0.2) is 0 Å². The number of carboxylic acids is 1. The van der Waals surface area contributed by atoms with Crippen LogP contribution in [0.15, 0.2) is 48.8 Å². The molecule has 0 atom stereocenters. The van der Waals surface area contributed by atoms with Crippen LogP contribution in [0.4, 0.5) is 27.4 Å². The number of rotatable bonds is 7. The Hall–Kier alpha value is -4.21. The van der Waals surface area contributed by atoms with Crippen LogP contribution in [-0.2, 0) is 0 Å². The number of methoxy groups -OCH3 is 1. The fourth-order valence-electron chi connectivity index (χ4n) is 2.69. The smallest absolute Gasteiger partial charge is 0.335 e. The molecule has 0 aliphatic heterocycles. The first kappa shape index (κ1) is 21.5. The quantitative estimate of drug-likeness (QED) is 0.527. The molecule has 1 aromatic carbocycles. The summed E-state index contributed by atoms with van der Waals surface area (Å²) in [6.07, 6.45) is 2.47. The van der Waals surface area contributed by atoms with E-state index in [1.807, 2.05) is 0 Å². The zero-order valence-electron chi connectivity index (χ0n) is 17.0. The lowest BCUT2D eigenvalue weighted by atomic mass is 10.1. The maximum Gasteiger partial charge on any atom is 0.335 e. The highest BCUT2D eigenvalue weighted by molar-refractivity contribution is 6.00. The molecule has 31 heavy (non-hydrogen) atoms. The predicted octanol–water partition coefficient (Wildman–Crippen LogP) is 3.51. The summed E-state index contributed by atoms with van der Waals surface area (Å²) in [7, 11) is 4.64. The number of ether oxygens (including phenoxy) is 1. The van der Waals surface area contributed by atoms with Crippen LogP contribution < -0.4 is 15.4 Å². The number of nitrogens with one attached hydrogen (secondary N) is 2. The van der Waals surface area contributed by atoms with Crippen molar-refractivity contribution in [3.8, 4) is 5.75 Å². The molecule has 0 saturated carbocycles. The van der Waals surface area contributed by atoms with Crippen molar-refractivity contribution in [2.75, 3.05) is 31.8 Å². The summed E-state index contributed by atoms with van der Waals surface area (Å²) in [6.45, 7) is 0. The number of carbonyl (C=O) groups is 2. The predicted molar refractivity (Wildman–Crippen MR) is 113 cm³/mol. The van der Waals surface area contributed by atoms with Crippen molar-refractivity contribution in [2.45, 2.75) is 0 Å². The highest BCUT2D eigenvalue weighted by Crippen LogP contribution is 2.32. The summed E-state index contributed by atoms with van der Waals surface area (Å²) < 4.78 is 18.4. The van der Waals surface area contributed by atoms with Crippen LogP contribution in [0.1, 0.15) is 20.7 Å². The zero-order valence-corrected chi connectivity index (χ0v) is 17.0. The first-order chi connectivity index (χ1) is 14.8. The fraction of sp³-hybridized carbons (Fsp3) is 0.143. The van der Waals surface area contributed by atoms with E-state index in [-0.39, 0.29) is 22.8 Å². The number of amides is 1. The number of hydrogen-bond acceptors (Lipinski definition) is 7. The third-order valence-electron chi connectivity index (χ3n) is 4.24. The molecule has 10 heteroatoms. The van der Waals surface area contributed by atoms with Gasteiger partial charge in [-0.05, 0) is 30.3 Å². The molecule has 3 aromatic rings. The maximum absolute atomic E-state index is 13.1. The highest BCUT2D eigenvalue weighted by atomic mass is 19.1. The lowest BCUT2D eigenvalue weighted by Crippen LogP contribution is -2.23. The Kier molecular flexibility index (Phi) is 6.29. The van der Waals surface area contributed by atoms with Crippen molar-refractivity contribution in [3.63, 3.8) is 0 Å². The number of carboxylic acid groups (broad SMARTS) is 1. The van der Waals surface area contributed by atoms with Crippen LogP contribution in [0.5, 0.6) is 5.75 Å². The van der Waals surface area contributed by atoms with E-state index in [1.54, 1.807) is 26.2 Å². The van der Waals surface area contributed by atoms with Gasteiger partial charge >= 0.3 is 5.97 Å². The molecule has 0 spiro atoms. The molecule has 0 radical (unpaired) electrons. The van der Waals surface area contributed by atoms with E-state index in [9.17, 15) is 19.1 Å². The Morgan fingerprint density at radius 1 is 1.00 bits per heavy atom. The Balaban J connectivity index is 2.00. The number of halogens is 1. The van der Waals surface area contributed by atoms with Crippen LogP contribution >= 0.6 is 0 Å². The van der Waals surface area contributed by atoms with E-state index >= 15 is 0 Å². The SMILES string of the molecule is COc1cc(C(=O)O)ccc1Nc1cc(Nc2ccc(F)cn2)ncc1C(=O)N(C)C. The minimum Gasteiger partial charge on any atom is -0.495 e. The summed E-state index contributed by atoms with van der Waals surface area (Å²) in [5.74, 6) is -0.828. The maximum atomic E-state index is 13.1. The molecule has 0 bridgehead atoms. The summed E-state index contributed by atoms with van der Waals surface area (Å²) in [5, 5.41) is 15.2. The van der Waals surface area contributed by atoms with E-state index in [0.29, 0.717) is 23.0 Å². The second-order valence-electron chi connectivity index (χ2n) is 6.65. The van der Waals surface area contributed by atoms with Gasteiger partial charge in [0, 0.05) is 26.4 Å². The van der Waals surface area contributed by atoms with Crippen molar-refractivity contribution in [1.29, 1.82) is 0 Å². The van der Waals surface area contributed by atoms with Crippen molar-refractivity contribution in [1.82, 2.24) is 14.9 Å². The average Bonchev–Trinajstić information content (AvgIpc) is 2.75. The van der Waals surface area contributed by atoms with E-state index in [1.165, 1.54) is 42.5 Å². The van der Waals surface area contributed by atoms with Crippen LogP contribution in [0.3, 0.4) is 0 Å². The van der Waals surface area contributed by atoms with E-state index < -0.39 is 11.8 Å². The normalized spacial score (nSPS) is 10.3. The lowest BCUT2D eigenvalue weighted by molar-refractivity contribution is 0.0696. The monoisotopic (exact) mass is 425 g/mol. The van der Waals surface area contributed by atoms with Gasteiger partial charge in [-0.15, -0.1) is 0 Å². The second-order valence-corrected chi connectivity index (χ2v) is 6.65. The lowest BCUT2D eigenvalue weighted by Gasteiger charge is -2.18. The van der Waals surface area contributed by atoms with Gasteiger partial charge in [-0.1, -0.05) is 0 Å². The van der Waals surface area contributed by atoms with E-state index in [4.69, 9.17) is 4.74 Å². The molecule has 160 valence electrons. The average molecular weight is 425 g/mol. The van der Waals surface area contributed by atoms with Gasteiger partial charge in [-0.2, -0.15) is 0 Å². The molecule has 3 rings (SSSR count). The van der Waals surface area contributed by atoms with Crippen molar-refractivity contribution in [3.05, 3.63) is 65.7 Å². The number of nitrogens with zero attached hydrogens (tertiary/aromatic N) is 3. The number of aromatic nitrogens is 2. The summed E-state index contributed by atoms with van der Waals surface area (Å²) in [4.78, 5) is 33.4.